The molecule has 1 aromatic heterocycles. The van der Waals surface area contributed by atoms with Gasteiger partial charge in [-0.15, -0.1) is 13.2 Å². The fourth-order valence-electron chi connectivity index (χ4n) is 3.70. The van der Waals surface area contributed by atoms with Gasteiger partial charge in [-0.1, -0.05) is 23.7 Å². The van der Waals surface area contributed by atoms with Crippen molar-refractivity contribution in [3.05, 3.63) is 41.4 Å². The molecule has 1 aliphatic heterocycles. The van der Waals surface area contributed by atoms with Crippen LogP contribution in [0, 0.1) is 5.92 Å². The van der Waals surface area contributed by atoms with Crippen LogP contribution in [0.2, 0.25) is 5.02 Å². The summed E-state index contributed by atoms with van der Waals surface area (Å²) in [6.45, 7) is 3.37. The third-order valence-corrected chi connectivity index (χ3v) is 5.56. The van der Waals surface area contributed by atoms with Gasteiger partial charge in [-0.2, -0.15) is 4.98 Å². The predicted molar refractivity (Wildman–Crippen MR) is 113 cm³/mol. The number of nitrogens with zero attached hydrogens (tertiary/aromatic N) is 2. The van der Waals surface area contributed by atoms with E-state index >= 15 is 0 Å². The summed E-state index contributed by atoms with van der Waals surface area (Å²) in [7, 11) is 0. The number of hydrogen-bond acceptors (Lipinski definition) is 6. The number of ether oxygens (including phenoxy) is 2. The Labute approximate surface area is 186 Å². The highest BCUT2D eigenvalue weighted by molar-refractivity contribution is 6.34. The smallest absolute Gasteiger partial charge is 0.466 e. The van der Waals surface area contributed by atoms with Crippen molar-refractivity contribution in [2.45, 2.75) is 26.1 Å². The second-order valence-corrected chi connectivity index (χ2v) is 7.79. The molecule has 0 atom stereocenters. The summed E-state index contributed by atoms with van der Waals surface area (Å²) >= 11 is 6.40. The van der Waals surface area contributed by atoms with Crippen molar-refractivity contribution in [2.24, 2.45) is 5.92 Å². The normalized spacial score (nSPS) is 15.2. The molecule has 10 heteroatoms. The second-order valence-electron chi connectivity index (χ2n) is 7.38. The molecule has 32 heavy (non-hydrogen) atoms. The highest BCUT2D eigenvalue weighted by atomic mass is 35.5. The van der Waals surface area contributed by atoms with Crippen LogP contribution in [0.1, 0.15) is 19.8 Å². The van der Waals surface area contributed by atoms with Gasteiger partial charge in [-0.3, -0.25) is 4.79 Å². The number of benzene rings is 2. The van der Waals surface area contributed by atoms with Crippen molar-refractivity contribution in [3.8, 4) is 16.9 Å². The lowest BCUT2D eigenvalue weighted by molar-refractivity contribution is -0.274. The maximum absolute atomic E-state index is 12.4. The van der Waals surface area contributed by atoms with Crippen molar-refractivity contribution in [1.29, 1.82) is 0 Å². The first-order valence-electron chi connectivity index (χ1n) is 10.1. The largest absolute Gasteiger partial charge is 0.573 e. The van der Waals surface area contributed by atoms with Gasteiger partial charge in [-0.05, 0) is 49.6 Å². The molecule has 0 spiro atoms. The van der Waals surface area contributed by atoms with E-state index < -0.39 is 6.36 Å². The van der Waals surface area contributed by atoms with Crippen LogP contribution in [0.15, 0.2) is 40.8 Å². The standard InChI is InChI=1S/C22H20ClF3N2O4/c1-2-30-20(29)14-7-9-28(10-8-14)21-27-18-12-17(23)16(11-19(18)31-21)13-3-5-15(6-4-13)32-22(24,25)26/h3-6,11-12,14H,2,7-10H2,1H3. The molecule has 2 aromatic carbocycles. The molecule has 0 amide bonds. The van der Waals surface area contributed by atoms with Crippen LogP contribution in [0.4, 0.5) is 19.2 Å². The molecule has 3 aromatic rings. The first-order valence-corrected chi connectivity index (χ1v) is 10.5. The van der Waals surface area contributed by atoms with E-state index in [0.717, 1.165) is 0 Å². The molecule has 0 saturated carbocycles. The van der Waals surface area contributed by atoms with Gasteiger partial charge in [0.1, 0.15) is 11.3 Å². The SMILES string of the molecule is CCOC(=O)C1CCN(c2nc3cc(Cl)c(-c4ccc(OC(F)(F)F)cc4)cc3o2)CC1. The maximum Gasteiger partial charge on any atom is 0.573 e. The van der Waals surface area contributed by atoms with E-state index in [1.807, 2.05) is 4.90 Å². The van der Waals surface area contributed by atoms with Gasteiger partial charge in [0.2, 0.25) is 0 Å². The number of aromatic nitrogens is 1. The Kier molecular flexibility index (Phi) is 6.19. The summed E-state index contributed by atoms with van der Waals surface area (Å²) in [6, 6.07) is 9.23. The number of rotatable bonds is 5. The zero-order chi connectivity index (χ0) is 22.9. The van der Waals surface area contributed by atoms with E-state index in [4.69, 9.17) is 20.8 Å². The summed E-state index contributed by atoms with van der Waals surface area (Å²) in [6.07, 6.45) is -3.45. The number of halogens is 4. The maximum atomic E-state index is 12.4. The van der Waals surface area contributed by atoms with Gasteiger partial charge >= 0.3 is 12.3 Å². The molecule has 0 bridgehead atoms. The molecule has 170 valence electrons. The molecular weight excluding hydrogens is 449 g/mol. The minimum absolute atomic E-state index is 0.124. The molecule has 6 nitrogen and oxygen atoms in total. The number of oxazole rings is 1. The van der Waals surface area contributed by atoms with Gasteiger partial charge in [-0.25, -0.2) is 0 Å². The molecule has 2 heterocycles. The second kappa shape index (κ2) is 8.90. The number of carbonyl (C=O) groups excluding carboxylic acids is 1. The van der Waals surface area contributed by atoms with Crippen molar-refractivity contribution in [2.75, 3.05) is 24.6 Å². The molecule has 4 rings (SSSR count). The quantitative estimate of drug-likeness (QED) is 0.439. The Morgan fingerprint density at radius 2 is 1.91 bits per heavy atom. The van der Waals surface area contributed by atoms with Crippen LogP contribution in [-0.4, -0.2) is 37.0 Å². The van der Waals surface area contributed by atoms with Gasteiger partial charge in [0, 0.05) is 18.7 Å². The van der Waals surface area contributed by atoms with E-state index in [0.29, 0.717) is 65.8 Å². The summed E-state index contributed by atoms with van der Waals surface area (Å²) in [5.41, 5.74) is 2.28. The molecule has 0 unspecified atom stereocenters. The Morgan fingerprint density at radius 1 is 1.22 bits per heavy atom. The van der Waals surface area contributed by atoms with Crippen LogP contribution in [0.25, 0.3) is 22.2 Å². The van der Waals surface area contributed by atoms with Crippen LogP contribution in [0.5, 0.6) is 5.75 Å². The van der Waals surface area contributed by atoms with Crippen molar-refractivity contribution < 1.29 is 31.9 Å². The molecule has 1 saturated heterocycles. The van der Waals surface area contributed by atoms with Crippen molar-refractivity contribution in [1.82, 2.24) is 4.98 Å². The third kappa shape index (κ3) is 4.93. The molecule has 1 fully saturated rings. The highest BCUT2D eigenvalue weighted by Crippen LogP contribution is 2.36. The number of fused-ring (bicyclic) bond motifs is 1. The number of alkyl halides is 3. The van der Waals surface area contributed by atoms with E-state index in [-0.39, 0.29) is 17.6 Å². The molecule has 0 N–H and O–H groups in total. The molecule has 0 radical (unpaired) electrons. The zero-order valence-electron chi connectivity index (χ0n) is 17.1. The Balaban J connectivity index is 1.52. The summed E-state index contributed by atoms with van der Waals surface area (Å²) in [5.74, 6) is -0.611. The van der Waals surface area contributed by atoms with Crippen LogP contribution < -0.4 is 9.64 Å². The lowest BCUT2D eigenvalue weighted by atomic mass is 9.97. The summed E-state index contributed by atoms with van der Waals surface area (Å²) < 4.78 is 52.0. The predicted octanol–water partition coefficient (Wildman–Crippen LogP) is 5.83. The number of anilines is 1. The lowest BCUT2D eigenvalue weighted by Gasteiger charge is -2.29. The fraction of sp³-hybridized carbons (Fsp3) is 0.364. The average molecular weight is 469 g/mol. The van der Waals surface area contributed by atoms with Gasteiger partial charge in [0.05, 0.1) is 17.5 Å². The topological polar surface area (TPSA) is 64.8 Å². The number of piperidine rings is 1. The third-order valence-electron chi connectivity index (χ3n) is 5.25. The van der Waals surface area contributed by atoms with Crippen LogP contribution in [-0.2, 0) is 9.53 Å². The van der Waals surface area contributed by atoms with E-state index in [1.54, 1.807) is 19.1 Å². The molecular formula is C22H20ClF3N2O4. The van der Waals surface area contributed by atoms with E-state index in [9.17, 15) is 18.0 Å². The summed E-state index contributed by atoms with van der Waals surface area (Å²) in [5, 5.41) is 0.392. The fourth-order valence-corrected chi connectivity index (χ4v) is 3.96. The van der Waals surface area contributed by atoms with E-state index in [1.165, 1.54) is 24.3 Å². The lowest BCUT2D eigenvalue weighted by Crippen LogP contribution is -2.37. The van der Waals surface area contributed by atoms with Crippen molar-refractivity contribution >= 4 is 34.7 Å². The summed E-state index contributed by atoms with van der Waals surface area (Å²) in [4.78, 5) is 18.4. The highest BCUT2D eigenvalue weighted by Gasteiger charge is 2.31. The van der Waals surface area contributed by atoms with Crippen LogP contribution >= 0.6 is 11.6 Å². The first kappa shape index (κ1) is 22.3. The minimum Gasteiger partial charge on any atom is -0.466 e. The minimum atomic E-state index is -4.75. The number of hydrogen-bond donors (Lipinski definition) is 0. The average Bonchev–Trinajstić information content (AvgIpc) is 3.16. The van der Waals surface area contributed by atoms with Gasteiger partial charge in [0.25, 0.3) is 6.01 Å². The van der Waals surface area contributed by atoms with Crippen molar-refractivity contribution in [3.63, 3.8) is 0 Å². The first-order chi connectivity index (χ1) is 15.2. The molecule has 0 aliphatic carbocycles. The Morgan fingerprint density at radius 3 is 2.53 bits per heavy atom. The number of carbonyl (C=O) groups is 1. The Hall–Kier alpha value is -2.94. The van der Waals surface area contributed by atoms with E-state index in [2.05, 4.69) is 9.72 Å². The van der Waals surface area contributed by atoms with Gasteiger partial charge in [0.15, 0.2) is 5.58 Å². The Bertz CT molecular complexity index is 1110. The number of esters is 1. The monoisotopic (exact) mass is 468 g/mol. The van der Waals surface area contributed by atoms with Crippen LogP contribution in [0.3, 0.4) is 0 Å². The van der Waals surface area contributed by atoms with Gasteiger partial charge < -0.3 is 18.8 Å². The zero-order valence-corrected chi connectivity index (χ0v) is 17.9. The molecule has 1 aliphatic rings.